The Morgan fingerprint density at radius 2 is 2.17 bits per heavy atom. The van der Waals surface area contributed by atoms with Crippen LogP contribution in [0.4, 0.5) is 0 Å². The predicted molar refractivity (Wildman–Crippen MR) is 70.5 cm³/mol. The molecule has 0 spiro atoms. The maximum absolute atomic E-state index is 5.69. The van der Waals surface area contributed by atoms with Crippen molar-refractivity contribution in [3.05, 3.63) is 47.9 Å². The Labute approximate surface area is 107 Å². The van der Waals surface area contributed by atoms with E-state index in [4.69, 9.17) is 10.5 Å². The number of ether oxygens (including phenoxy) is 1. The largest absolute Gasteiger partial charge is 0.437 e. The van der Waals surface area contributed by atoms with E-state index in [1.54, 1.807) is 12.4 Å². The molecule has 0 atom stereocenters. The van der Waals surface area contributed by atoms with Crippen LogP contribution in [-0.4, -0.2) is 9.97 Å². The van der Waals surface area contributed by atoms with E-state index >= 15 is 0 Å². The summed E-state index contributed by atoms with van der Waals surface area (Å²) in [7, 11) is 0. The average molecular weight is 243 g/mol. The van der Waals surface area contributed by atoms with Crippen molar-refractivity contribution in [3.8, 4) is 11.6 Å². The Kier molecular flexibility index (Phi) is 3.89. The fourth-order valence-corrected chi connectivity index (χ4v) is 1.58. The second-order valence-corrected chi connectivity index (χ2v) is 4.39. The first-order chi connectivity index (χ1) is 8.69. The summed E-state index contributed by atoms with van der Waals surface area (Å²) < 4.78 is 5.68. The minimum absolute atomic E-state index is 0.341. The van der Waals surface area contributed by atoms with Gasteiger partial charge in [-0.15, -0.1) is 0 Å². The van der Waals surface area contributed by atoms with E-state index in [0.29, 0.717) is 24.1 Å². The van der Waals surface area contributed by atoms with Crippen molar-refractivity contribution in [2.24, 2.45) is 5.73 Å². The summed E-state index contributed by atoms with van der Waals surface area (Å²) >= 11 is 0. The molecule has 2 aromatic heterocycles. The highest BCUT2D eigenvalue weighted by Gasteiger charge is 2.07. The van der Waals surface area contributed by atoms with Gasteiger partial charge in [-0.25, -0.2) is 4.98 Å². The Bertz CT molecular complexity index is 512. The maximum Gasteiger partial charge on any atom is 0.219 e. The molecule has 0 aromatic carbocycles. The van der Waals surface area contributed by atoms with Gasteiger partial charge in [0, 0.05) is 24.5 Å². The van der Waals surface area contributed by atoms with Crippen molar-refractivity contribution in [2.75, 3.05) is 0 Å². The molecule has 4 nitrogen and oxygen atoms in total. The topological polar surface area (TPSA) is 61.0 Å². The van der Waals surface area contributed by atoms with Gasteiger partial charge >= 0.3 is 0 Å². The summed E-state index contributed by atoms with van der Waals surface area (Å²) in [6.45, 7) is 4.67. The molecule has 0 fully saturated rings. The van der Waals surface area contributed by atoms with E-state index in [1.165, 1.54) is 0 Å². The number of hydrogen-bond acceptors (Lipinski definition) is 4. The first-order valence-corrected chi connectivity index (χ1v) is 5.98. The van der Waals surface area contributed by atoms with Crippen LogP contribution in [0.1, 0.15) is 31.0 Å². The van der Waals surface area contributed by atoms with E-state index in [2.05, 4.69) is 23.8 Å². The molecule has 2 heterocycles. The van der Waals surface area contributed by atoms with E-state index < -0.39 is 0 Å². The average Bonchev–Trinajstić information content (AvgIpc) is 2.39. The van der Waals surface area contributed by atoms with Gasteiger partial charge in [-0.3, -0.25) is 4.98 Å². The lowest BCUT2D eigenvalue weighted by molar-refractivity contribution is 0.456. The molecule has 0 radical (unpaired) electrons. The first-order valence-electron chi connectivity index (χ1n) is 5.98. The van der Waals surface area contributed by atoms with Crippen molar-refractivity contribution >= 4 is 0 Å². The molecule has 0 aliphatic carbocycles. The number of nitrogens with two attached hydrogens (primary N) is 1. The van der Waals surface area contributed by atoms with Crippen LogP contribution in [0.15, 0.2) is 36.7 Å². The van der Waals surface area contributed by atoms with Crippen LogP contribution in [0.2, 0.25) is 0 Å². The Hall–Kier alpha value is -1.94. The molecule has 0 bridgehead atoms. The standard InChI is InChI=1S/C14H17N3O/c1-10(2)13-6-11(8-15)7-14(17-13)18-12-4-3-5-16-9-12/h3-7,9-10H,8,15H2,1-2H3. The third kappa shape index (κ3) is 3.05. The SMILES string of the molecule is CC(C)c1cc(CN)cc(Oc2cccnc2)n1. The summed E-state index contributed by atoms with van der Waals surface area (Å²) in [4.78, 5) is 8.47. The van der Waals surface area contributed by atoms with Gasteiger partial charge in [0.1, 0.15) is 5.75 Å². The predicted octanol–water partition coefficient (Wildman–Crippen LogP) is 2.85. The van der Waals surface area contributed by atoms with Crippen LogP contribution in [0.3, 0.4) is 0 Å². The highest BCUT2D eigenvalue weighted by molar-refractivity contribution is 5.30. The van der Waals surface area contributed by atoms with E-state index in [1.807, 2.05) is 24.3 Å². The fourth-order valence-electron chi connectivity index (χ4n) is 1.58. The molecule has 4 heteroatoms. The van der Waals surface area contributed by atoms with Gasteiger partial charge in [-0.2, -0.15) is 0 Å². The molecular weight excluding hydrogens is 226 g/mol. The van der Waals surface area contributed by atoms with E-state index in [0.717, 1.165) is 11.3 Å². The molecule has 0 saturated carbocycles. The van der Waals surface area contributed by atoms with E-state index in [9.17, 15) is 0 Å². The molecule has 0 saturated heterocycles. The van der Waals surface area contributed by atoms with Crippen molar-refractivity contribution in [3.63, 3.8) is 0 Å². The molecule has 0 unspecified atom stereocenters. The van der Waals surface area contributed by atoms with Crippen LogP contribution in [-0.2, 0) is 6.54 Å². The quantitative estimate of drug-likeness (QED) is 0.897. The third-order valence-corrected chi connectivity index (χ3v) is 2.57. The van der Waals surface area contributed by atoms with Gasteiger partial charge in [-0.05, 0) is 29.7 Å². The van der Waals surface area contributed by atoms with Gasteiger partial charge in [-0.1, -0.05) is 13.8 Å². The first kappa shape index (κ1) is 12.5. The Morgan fingerprint density at radius 3 is 2.78 bits per heavy atom. The minimum atomic E-state index is 0.341. The highest BCUT2D eigenvalue weighted by Crippen LogP contribution is 2.23. The molecule has 0 amide bonds. The van der Waals surface area contributed by atoms with Crippen molar-refractivity contribution in [1.82, 2.24) is 9.97 Å². The number of pyridine rings is 2. The highest BCUT2D eigenvalue weighted by atomic mass is 16.5. The second kappa shape index (κ2) is 5.60. The summed E-state index contributed by atoms with van der Waals surface area (Å²) in [5.74, 6) is 1.58. The van der Waals surface area contributed by atoms with Gasteiger partial charge in [0.2, 0.25) is 5.88 Å². The second-order valence-electron chi connectivity index (χ2n) is 4.39. The zero-order valence-corrected chi connectivity index (χ0v) is 10.6. The number of rotatable bonds is 4. The fraction of sp³-hybridized carbons (Fsp3) is 0.286. The third-order valence-electron chi connectivity index (χ3n) is 2.57. The molecule has 18 heavy (non-hydrogen) atoms. The normalized spacial score (nSPS) is 10.7. The van der Waals surface area contributed by atoms with Gasteiger partial charge in [0.05, 0.1) is 6.20 Å². The lowest BCUT2D eigenvalue weighted by Crippen LogP contribution is -2.02. The summed E-state index contributed by atoms with van der Waals surface area (Å²) in [6.07, 6.45) is 3.36. The molecule has 2 aromatic rings. The zero-order chi connectivity index (χ0) is 13.0. The number of hydrogen-bond donors (Lipinski definition) is 1. The maximum atomic E-state index is 5.69. The molecule has 94 valence electrons. The van der Waals surface area contributed by atoms with Crippen LogP contribution in [0.25, 0.3) is 0 Å². The summed E-state index contributed by atoms with van der Waals surface area (Å²) in [6, 6.07) is 7.55. The van der Waals surface area contributed by atoms with Crippen molar-refractivity contribution in [2.45, 2.75) is 26.3 Å². The number of nitrogens with zero attached hydrogens (tertiary/aromatic N) is 2. The van der Waals surface area contributed by atoms with Gasteiger partial charge in [0.15, 0.2) is 0 Å². The van der Waals surface area contributed by atoms with Crippen LogP contribution >= 0.6 is 0 Å². The lowest BCUT2D eigenvalue weighted by atomic mass is 10.1. The molecule has 2 N–H and O–H groups in total. The Morgan fingerprint density at radius 1 is 1.33 bits per heavy atom. The van der Waals surface area contributed by atoms with Crippen LogP contribution < -0.4 is 10.5 Å². The molecule has 0 aliphatic heterocycles. The molecule has 0 aliphatic rings. The molecular formula is C14H17N3O. The smallest absolute Gasteiger partial charge is 0.219 e. The van der Waals surface area contributed by atoms with Gasteiger partial charge in [0.25, 0.3) is 0 Å². The van der Waals surface area contributed by atoms with E-state index in [-0.39, 0.29) is 0 Å². The monoisotopic (exact) mass is 243 g/mol. The number of aromatic nitrogens is 2. The summed E-state index contributed by atoms with van der Waals surface area (Å²) in [5, 5.41) is 0. The van der Waals surface area contributed by atoms with Crippen LogP contribution in [0.5, 0.6) is 11.6 Å². The molecule has 2 rings (SSSR count). The van der Waals surface area contributed by atoms with Crippen molar-refractivity contribution < 1.29 is 4.74 Å². The summed E-state index contributed by atoms with van der Waals surface area (Å²) in [5.41, 5.74) is 7.69. The zero-order valence-electron chi connectivity index (χ0n) is 10.6. The lowest BCUT2D eigenvalue weighted by Gasteiger charge is -2.10. The van der Waals surface area contributed by atoms with Crippen molar-refractivity contribution in [1.29, 1.82) is 0 Å². The van der Waals surface area contributed by atoms with Gasteiger partial charge < -0.3 is 10.5 Å². The minimum Gasteiger partial charge on any atom is -0.437 e. The Balaban J connectivity index is 2.30. The van der Waals surface area contributed by atoms with Crippen LogP contribution in [0, 0.1) is 0 Å².